The van der Waals surface area contributed by atoms with Gasteiger partial charge in [-0.2, -0.15) is 0 Å². The molecule has 0 aliphatic carbocycles. The number of benzene rings is 2. The standard InChI is InChI=1S/C22H21ClN2O3/c1-13(11-15-7-8-19-16(12-15)9-10-27-19)24-22(26)20-14(2)28-25-21(20)17-5-3-4-6-18(17)23/h3-8,12-13H,9-11H2,1-2H3,(H,24,26). The number of hydrogen-bond acceptors (Lipinski definition) is 4. The van der Waals surface area contributed by atoms with Crippen molar-refractivity contribution in [3.63, 3.8) is 0 Å². The summed E-state index contributed by atoms with van der Waals surface area (Å²) in [6, 6.07) is 13.4. The van der Waals surface area contributed by atoms with E-state index in [0.717, 1.165) is 25.2 Å². The largest absolute Gasteiger partial charge is 0.493 e. The van der Waals surface area contributed by atoms with Crippen LogP contribution in [0.15, 0.2) is 47.0 Å². The number of fused-ring (bicyclic) bond motifs is 1. The Balaban J connectivity index is 1.51. The fourth-order valence-corrected chi connectivity index (χ4v) is 3.77. The highest BCUT2D eigenvalue weighted by molar-refractivity contribution is 6.33. The lowest BCUT2D eigenvalue weighted by Gasteiger charge is -2.15. The van der Waals surface area contributed by atoms with Gasteiger partial charge in [0, 0.05) is 18.0 Å². The molecule has 0 saturated carbocycles. The van der Waals surface area contributed by atoms with Gasteiger partial charge < -0.3 is 14.6 Å². The second kappa shape index (κ2) is 7.68. The first-order chi connectivity index (χ1) is 13.5. The highest BCUT2D eigenvalue weighted by atomic mass is 35.5. The van der Waals surface area contributed by atoms with E-state index < -0.39 is 0 Å². The summed E-state index contributed by atoms with van der Waals surface area (Å²) in [4.78, 5) is 12.9. The van der Waals surface area contributed by atoms with Crippen molar-refractivity contribution in [3.05, 3.63) is 69.9 Å². The number of rotatable bonds is 5. The quantitative estimate of drug-likeness (QED) is 0.684. The molecule has 0 saturated heterocycles. The number of amides is 1. The lowest BCUT2D eigenvalue weighted by Crippen LogP contribution is -2.34. The maximum atomic E-state index is 12.9. The van der Waals surface area contributed by atoms with Gasteiger partial charge in [-0.3, -0.25) is 4.79 Å². The lowest BCUT2D eigenvalue weighted by molar-refractivity contribution is 0.0939. The SMILES string of the molecule is Cc1onc(-c2ccccc2Cl)c1C(=O)NC(C)Cc1ccc2c(c1)CCO2. The van der Waals surface area contributed by atoms with Gasteiger partial charge in [0.25, 0.3) is 5.91 Å². The Bertz CT molecular complexity index is 1030. The molecule has 5 nitrogen and oxygen atoms in total. The molecule has 0 fully saturated rings. The summed E-state index contributed by atoms with van der Waals surface area (Å²) in [5.41, 5.74) is 3.96. The summed E-state index contributed by atoms with van der Waals surface area (Å²) in [5, 5.41) is 7.65. The van der Waals surface area contributed by atoms with Crippen molar-refractivity contribution in [3.8, 4) is 17.0 Å². The number of aromatic nitrogens is 1. The molecule has 1 amide bonds. The molecule has 6 heteroatoms. The molecule has 0 spiro atoms. The molecule has 1 unspecified atom stereocenters. The first-order valence-corrected chi connectivity index (χ1v) is 9.67. The summed E-state index contributed by atoms with van der Waals surface area (Å²) in [5.74, 6) is 1.21. The molecule has 1 aliphatic rings. The Kier molecular flexibility index (Phi) is 5.09. The predicted octanol–water partition coefficient (Wildman–Crippen LogP) is 4.60. The molecule has 2 aromatic carbocycles. The van der Waals surface area contributed by atoms with Gasteiger partial charge in [0.2, 0.25) is 0 Å². The van der Waals surface area contributed by atoms with Crippen molar-refractivity contribution in [1.82, 2.24) is 10.5 Å². The van der Waals surface area contributed by atoms with Crippen molar-refractivity contribution in [2.45, 2.75) is 32.7 Å². The third kappa shape index (κ3) is 3.62. The van der Waals surface area contributed by atoms with Gasteiger partial charge in [-0.25, -0.2) is 0 Å². The molecule has 1 aromatic heterocycles. The van der Waals surface area contributed by atoms with Crippen LogP contribution in [0.4, 0.5) is 0 Å². The van der Waals surface area contributed by atoms with Gasteiger partial charge in [-0.05, 0) is 43.5 Å². The molecule has 4 rings (SSSR count). The van der Waals surface area contributed by atoms with Crippen molar-refractivity contribution >= 4 is 17.5 Å². The van der Waals surface area contributed by atoms with Crippen LogP contribution in [0.2, 0.25) is 5.02 Å². The molecule has 144 valence electrons. The van der Waals surface area contributed by atoms with Crippen LogP contribution in [0.1, 0.15) is 34.2 Å². The van der Waals surface area contributed by atoms with Crippen LogP contribution in [0.3, 0.4) is 0 Å². The average molecular weight is 397 g/mol. The second-order valence-corrected chi connectivity index (χ2v) is 7.47. The van der Waals surface area contributed by atoms with Crippen molar-refractivity contribution in [1.29, 1.82) is 0 Å². The zero-order valence-electron chi connectivity index (χ0n) is 15.8. The minimum atomic E-state index is -0.217. The van der Waals surface area contributed by atoms with Gasteiger partial charge in [-0.1, -0.05) is 47.1 Å². The summed E-state index contributed by atoms with van der Waals surface area (Å²) in [6.07, 6.45) is 1.66. The van der Waals surface area contributed by atoms with Crippen molar-refractivity contribution < 1.29 is 14.1 Å². The topological polar surface area (TPSA) is 64.4 Å². The van der Waals surface area contributed by atoms with Crippen molar-refractivity contribution in [2.24, 2.45) is 0 Å². The first-order valence-electron chi connectivity index (χ1n) is 9.29. The number of nitrogens with one attached hydrogen (secondary N) is 1. The summed E-state index contributed by atoms with van der Waals surface area (Å²) >= 11 is 6.28. The monoisotopic (exact) mass is 396 g/mol. The van der Waals surface area contributed by atoms with Crippen LogP contribution in [-0.4, -0.2) is 23.7 Å². The first kappa shape index (κ1) is 18.6. The number of aryl methyl sites for hydroxylation is 1. The molecular formula is C22H21ClN2O3. The van der Waals surface area contributed by atoms with E-state index in [1.165, 1.54) is 11.1 Å². The van der Waals surface area contributed by atoms with Gasteiger partial charge >= 0.3 is 0 Å². The smallest absolute Gasteiger partial charge is 0.257 e. The summed E-state index contributed by atoms with van der Waals surface area (Å²) in [6.45, 7) is 4.45. The van der Waals surface area contributed by atoms with E-state index in [0.29, 0.717) is 27.6 Å². The van der Waals surface area contributed by atoms with Crippen LogP contribution >= 0.6 is 11.6 Å². The average Bonchev–Trinajstić information content (AvgIpc) is 3.28. The minimum absolute atomic E-state index is 0.0544. The third-order valence-electron chi connectivity index (χ3n) is 4.89. The lowest BCUT2D eigenvalue weighted by atomic mass is 10.0. The van der Waals surface area contributed by atoms with Gasteiger partial charge in [-0.15, -0.1) is 0 Å². The maximum Gasteiger partial charge on any atom is 0.257 e. The van der Waals surface area contributed by atoms with Gasteiger partial charge in [0.05, 0.1) is 11.6 Å². The molecule has 28 heavy (non-hydrogen) atoms. The zero-order chi connectivity index (χ0) is 19.7. The number of carbonyl (C=O) groups is 1. The molecule has 0 radical (unpaired) electrons. The molecule has 1 aliphatic heterocycles. The van der Waals surface area contributed by atoms with E-state index in [2.05, 4.69) is 16.5 Å². The van der Waals surface area contributed by atoms with Crippen molar-refractivity contribution in [2.75, 3.05) is 6.61 Å². The van der Waals surface area contributed by atoms with E-state index in [1.807, 2.05) is 37.3 Å². The highest BCUT2D eigenvalue weighted by Crippen LogP contribution is 2.31. The third-order valence-corrected chi connectivity index (χ3v) is 5.22. The van der Waals surface area contributed by atoms with Gasteiger partial charge in [0.1, 0.15) is 22.8 Å². The van der Waals surface area contributed by atoms with Crippen LogP contribution in [0.5, 0.6) is 5.75 Å². The van der Waals surface area contributed by atoms with E-state index in [1.54, 1.807) is 13.0 Å². The Morgan fingerprint density at radius 3 is 2.93 bits per heavy atom. The minimum Gasteiger partial charge on any atom is -0.493 e. The number of halogens is 1. The van der Waals surface area contributed by atoms with Crippen LogP contribution < -0.4 is 10.1 Å². The summed E-state index contributed by atoms with van der Waals surface area (Å²) < 4.78 is 10.8. The van der Waals surface area contributed by atoms with Gasteiger partial charge in [0.15, 0.2) is 0 Å². The normalized spacial score (nSPS) is 13.7. The second-order valence-electron chi connectivity index (χ2n) is 7.06. The molecule has 0 bridgehead atoms. The number of ether oxygens (including phenoxy) is 1. The zero-order valence-corrected chi connectivity index (χ0v) is 16.5. The molecule has 2 heterocycles. The Morgan fingerprint density at radius 1 is 1.29 bits per heavy atom. The van der Waals surface area contributed by atoms with E-state index >= 15 is 0 Å². The fraction of sp³-hybridized carbons (Fsp3) is 0.273. The van der Waals surface area contributed by atoms with Crippen LogP contribution in [0, 0.1) is 6.92 Å². The Labute approximate surface area is 168 Å². The molecule has 1 atom stereocenters. The Hall–Kier alpha value is -2.79. The fourth-order valence-electron chi connectivity index (χ4n) is 3.54. The predicted molar refractivity (Wildman–Crippen MR) is 108 cm³/mol. The highest BCUT2D eigenvalue weighted by Gasteiger charge is 2.24. The van der Waals surface area contributed by atoms with E-state index in [9.17, 15) is 4.79 Å². The number of hydrogen-bond donors (Lipinski definition) is 1. The van der Waals surface area contributed by atoms with E-state index in [-0.39, 0.29) is 11.9 Å². The van der Waals surface area contributed by atoms with Crippen LogP contribution in [0.25, 0.3) is 11.3 Å². The maximum absolute atomic E-state index is 12.9. The van der Waals surface area contributed by atoms with E-state index in [4.69, 9.17) is 20.9 Å². The molecule has 1 N–H and O–H groups in total. The summed E-state index contributed by atoms with van der Waals surface area (Å²) in [7, 11) is 0. The Morgan fingerprint density at radius 2 is 2.11 bits per heavy atom. The van der Waals surface area contributed by atoms with Crippen LogP contribution in [-0.2, 0) is 12.8 Å². The molecule has 3 aromatic rings. The molecular weight excluding hydrogens is 376 g/mol. The number of nitrogens with zero attached hydrogens (tertiary/aromatic N) is 1. The number of carbonyl (C=O) groups excluding carboxylic acids is 1.